The topological polar surface area (TPSA) is 17.1 Å². The van der Waals surface area contributed by atoms with Crippen molar-refractivity contribution in [3.63, 3.8) is 0 Å². The van der Waals surface area contributed by atoms with Gasteiger partial charge in [-0.1, -0.05) is 32.4 Å². The van der Waals surface area contributed by atoms with E-state index in [9.17, 15) is 9.18 Å². The summed E-state index contributed by atoms with van der Waals surface area (Å²) in [5, 5.41) is 0. The average molecular weight is 220 g/mol. The van der Waals surface area contributed by atoms with E-state index in [0.29, 0.717) is 5.78 Å². The molecule has 0 unspecified atom stereocenters. The molecule has 1 nitrogen and oxygen atoms in total. The van der Waals surface area contributed by atoms with E-state index in [4.69, 9.17) is 0 Å². The zero-order valence-electron chi connectivity index (χ0n) is 9.79. The van der Waals surface area contributed by atoms with E-state index in [1.807, 2.05) is 13.8 Å². The Bertz CT molecular complexity index is 388. The number of hydrogen-bond acceptors (Lipinski definition) is 1. The van der Waals surface area contributed by atoms with Gasteiger partial charge in [0.1, 0.15) is 11.6 Å². The first-order chi connectivity index (χ1) is 7.56. The van der Waals surface area contributed by atoms with Crippen molar-refractivity contribution in [1.29, 1.82) is 0 Å². The molecule has 86 valence electrons. The molecule has 2 heteroatoms. The molecule has 1 fully saturated rings. The van der Waals surface area contributed by atoms with Crippen LogP contribution in [-0.2, 0) is 10.2 Å². The lowest BCUT2D eigenvalue weighted by Gasteiger charge is -2.42. The van der Waals surface area contributed by atoms with Crippen molar-refractivity contribution in [3.8, 4) is 0 Å². The van der Waals surface area contributed by atoms with Gasteiger partial charge in [-0.3, -0.25) is 4.79 Å². The van der Waals surface area contributed by atoms with Gasteiger partial charge in [0.15, 0.2) is 0 Å². The Kier molecular flexibility index (Phi) is 2.83. The first-order valence-corrected chi connectivity index (χ1v) is 5.86. The normalized spacial score (nSPS) is 18.2. The molecule has 0 saturated heterocycles. The van der Waals surface area contributed by atoms with Gasteiger partial charge in [-0.05, 0) is 30.5 Å². The van der Waals surface area contributed by atoms with Crippen molar-refractivity contribution >= 4 is 5.78 Å². The van der Waals surface area contributed by atoms with Gasteiger partial charge in [0.05, 0.1) is 5.41 Å². The molecule has 0 radical (unpaired) electrons. The van der Waals surface area contributed by atoms with Gasteiger partial charge in [-0.15, -0.1) is 0 Å². The maximum absolute atomic E-state index is 12.9. The van der Waals surface area contributed by atoms with Crippen molar-refractivity contribution in [2.45, 2.75) is 38.5 Å². The summed E-state index contributed by atoms with van der Waals surface area (Å²) >= 11 is 0. The smallest absolute Gasteiger partial charge is 0.145 e. The highest BCUT2D eigenvalue weighted by Crippen LogP contribution is 2.45. The Labute approximate surface area is 95.7 Å². The monoisotopic (exact) mass is 220 g/mol. The van der Waals surface area contributed by atoms with E-state index in [-0.39, 0.29) is 17.2 Å². The van der Waals surface area contributed by atoms with Crippen LogP contribution in [0.3, 0.4) is 0 Å². The summed E-state index contributed by atoms with van der Waals surface area (Å²) in [4.78, 5) is 12.2. The number of carbonyl (C=O) groups excluding carboxylic acids is 1. The lowest BCUT2D eigenvalue weighted by Crippen LogP contribution is -2.44. The number of Topliss-reactive ketones (excluding diaryl/α,β-unsaturated/α-hetero) is 1. The maximum Gasteiger partial charge on any atom is 0.145 e. The SMILES string of the molecule is CC(C)C(=O)C1(c2ccc(F)cc2)CCC1. The van der Waals surface area contributed by atoms with Crippen LogP contribution in [0.1, 0.15) is 38.7 Å². The van der Waals surface area contributed by atoms with Crippen LogP contribution in [0.4, 0.5) is 4.39 Å². The van der Waals surface area contributed by atoms with E-state index >= 15 is 0 Å². The maximum atomic E-state index is 12.9. The molecule has 1 aliphatic rings. The fourth-order valence-electron chi connectivity index (χ4n) is 2.53. The Morgan fingerprint density at radius 2 is 1.81 bits per heavy atom. The fraction of sp³-hybridized carbons (Fsp3) is 0.500. The average Bonchev–Trinajstić information content (AvgIpc) is 2.19. The zero-order chi connectivity index (χ0) is 11.8. The van der Waals surface area contributed by atoms with Crippen molar-refractivity contribution < 1.29 is 9.18 Å². The standard InChI is InChI=1S/C14H17FO/c1-10(2)13(16)14(8-3-9-14)11-4-6-12(15)7-5-11/h4-7,10H,3,8-9H2,1-2H3. The van der Waals surface area contributed by atoms with Crippen molar-refractivity contribution in [2.75, 3.05) is 0 Å². The molecule has 0 aromatic heterocycles. The molecule has 0 spiro atoms. The molecule has 0 aliphatic heterocycles. The minimum absolute atomic E-state index is 0.0466. The highest BCUT2D eigenvalue weighted by molar-refractivity contribution is 5.92. The molecule has 1 aliphatic carbocycles. The van der Waals surface area contributed by atoms with E-state index < -0.39 is 0 Å². The molecule has 2 rings (SSSR count). The number of hydrogen-bond donors (Lipinski definition) is 0. The van der Waals surface area contributed by atoms with Gasteiger partial charge in [-0.25, -0.2) is 4.39 Å². The number of benzene rings is 1. The van der Waals surface area contributed by atoms with Crippen LogP contribution in [0.15, 0.2) is 24.3 Å². The second-order valence-corrected chi connectivity index (χ2v) is 4.96. The van der Waals surface area contributed by atoms with Gasteiger partial charge in [0.2, 0.25) is 0 Å². The van der Waals surface area contributed by atoms with Gasteiger partial charge in [0.25, 0.3) is 0 Å². The van der Waals surface area contributed by atoms with Crippen LogP contribution in [0.25, 0.3) is 0 Å². The molecule has 0 bridgehead atoms. The summed E-state index contributed by atoms with van der Waals surface area (Å²) < 4.78 is 12.9. The second-order valence-electron chi connectivity index (χ2n) is 4.96. The van der Waals surface area contributed by atoms with E-state index in [1.165, 1.54) is 12.1 Å². The fourth-order valence-corrected chi connectivity index (χ4v) is 2.53. The minimum atomic E-state index is -0.318. The van der Waals surface area contributed by atoms with Crippen LogP contribution < -0.4 is 0 Å². The van der Waals surface area contributed by atoms with Gasteiger partial charge >= 0.3 is 0 Å². The van der Waals surface area contributed by atoms with Crippen LogP contribution in [0.5, 0.6) is 0 Å². The molecule has 0 heterocycles. The molecule has 1 aromatic rings. The largest absolute Gasteiger partial charge is 0.298 e. The molecule has 0 N–H and O–H groups in total. The second kappa shape index (κ2) is 4.00. The number of rotatable bonds is 3. The molecule has 1 saturated carbocycles. The Hall–Kier alpha value is -1.18. The first kappa shape index (κ1) is 11.3. The Morgan fingerprint density at radius 1 is 1.25 bits per heavy atom. The third-order valence-corrected chi connectivity index (χ3v) is 3.60. The lowest BCUT2D eigenvalue weighted by atomic mass is 9.60. The lowest BCUT2D eigenvalue weighted by molar-refractivity contribution is -0.130. The molecule has 16 heavy (non-hydrogen) atoms. The number of halogens is 1. The number of ketones is 1. The van der Waals surface area contributed by atoms with E-state index in [1.54, 1.807) is 12.1 Å². The molecule has 0 atom stereocenters. The third kappa shape index (κ3) is 1.66. The zero-order valence-corrected chi connectivity index (χ0v) is 9.79. The Balaban J connectivity index is 2.35. The molecule has 1 aromatic carbocycles. The first-order valence-electron chi connectivity index (χ1n) is 5.86. The summed E-state index contributed by atoms with van der Waals surface area (Å²) in [6.45, 7) is 3.87. The van der Waals surface area contributed by atoms with Crippen LogP contribution in [0.2, 0.25) is 0 Å². The summed E-state index contributed by atoms with van der Waals surface area (Å²) in [6, 6.07) is 6.41. The van der Waals surface area contributed by atoms with Gasteiger partial charge in [-0.2, -0.15) is 0 Å². The van der Waals surface area contributed by atoms with Crippen molar-refractivity contribution in [1.82, 2.24) is 0 Å². The van der Waals surface area contributed by atoms with E-state index in [0.717, 1.165) is 24.8 Å². The summed E-state index contributed by atoms with van der Waals surface area (Å²) in [5.41, 5.74) is 0.667. The summed E-state index contributed by atoms with van der Waals surface area (Å²) in [6.07, 6.45) is 2.92. The Morgan fingerprint density at radius 3 is 2.19 bits per heavy atom. The molecule has 0 amide bonds. The third-order valence-electron chi connectivity index (χ3n) is 3.60. The molecular weight excluding hydrogens is 203 g/mol. The number of carbonyl (C=O) groups is 1. The van der Waals surface area contributed by atoms with E-state index in [2.05, 4.69) is 0 Å². The van der Waals surface area contributed by atoms with Gasteiger partial charge in [0, 0.05) is 5.92 Å². The van der Waals surface area contributed by atoms with Crippen LogP contribution in [-0.4, -0.2) is 5.78 Å². The highest BCUT2D eigenvalue weighted by Gasteiger charge is 2.45. The quantitative estimate of drug-likeness (QED) is 0.762. The molecular formula is C14H17FO. The van der Waals surface area contributed by atoms with Crippen molar-refractivity contribution in [3.05, 3.63) is 35.6 Å². The van der Waals surface area contributed by atoms with Gasteiger partial charge < -0.3 is 0 Å². The van der Waals surface area contributed by atoms with Crippen LogP contribution in [0, 0.1) is 11.7 Å². The van der Waals surface area contributed by atoms with Crippen molar-refractivity contribution in [2.24, 2.45) is 5.92 Å². The summed E-state index contributed by atoms with van der Waals surface area (Å²) in [5.74, 6) is 0.103. The predicted octanol–water partition coefficient (Wildman–Crippen LogP) is 3.47. The summed E-state index contributed by atoms with van der Waals surface area (Å²) in [7, 11) is 0. The minimum Gasteiger partial charge on any atom is -0.298 e. The predicted molar refractivity (Wildman–Crippen MR) is 61.8 cm³/mol. The van der Waals surface area contributed by atoms with Crippen LogP contribution >= 0.6 is 0 Å². The highest BCUT2D eigenvalue weighted by atomic mass is 19.1.